The van der Waals surface area contributed by atoms with E-state index in [4.69, 9.17) is 5.84 Å². The lowest BCUT2D eigenvalue weighted by Crippen LogP contribution is -2.45. The number of pyridine rings is 1. The molecule has 0 spiro atoms. The van der Waals surface area contributed by atoms with Gasteiger partial charge >= 0.3 is 0 Å². The number of nitrogens with zero attached hydrogens (tertiary/aromatic N) is 2. The molecule has 2 unspecified atom stereocenters. The molecule has 0 aliphatic carbocycles. The number of piperidine rings is 1. The first-order valence-electron chi connectivity index (χ1n) is 6.13. The van der Waals surface area contributed by atoms with Crippen molar-refractivity contribution >= 4 is 11.7 Å². The Morgan fingerprint density at radius 2 is 2.42 bits per heavy atom. The van der Waals surface area contributed by atoms with Crippen LogP contribution < -0.4 is 11.3 Å². The number of hydrogen-bond acceptors (Lipinski definition) is 5. The van der Waals surface area contributed by atoms with Crippen LogP contribution in [0.1, 0.15) is 23.7 Å². The predicted octanol–water partition coefficient (Wildman–Crippen LogP) is 0.349. The average molecular weight is 268 g/mol. The van der Waals surface area contributed by atoms with Crippen molar-refractivity contribution in [2.75, 3.05) is 18.5 Å². The molecule has 1 saturated heterocycles. The lowest BCUT2D eigenvalue weighted by molar-refractivity contribution is 0.0295. The smallest absolute Gasteiger partial charge is 0.257 e. The number of aliphatic hydroxyl groups is 1. The maximum Gasteiger partial charge on any atom is 0.257 e. The molecule has 2 atom stereocenters. The van der Waals surface area contributed by atoms with E-state index in [2.05, 4.69) is 10.4 Å². The van der Waals surface area contributed by atoms with Gasteiger partial charge in [0.2, 0.25) is 0 Å². The number of rotatable bonds is 2. The molecule has 4 N–H and O–H groups in total. The number of carbonyl (C=O) groups is 1. The first kappa shape index (κ1) is 13.7. The van der Waals surface area contributed by atoms with E-state index < -0.39 is 17.8 Å². The Hall–Kier alpha value is -1.73. The third-order valence-corrected chi connectivity index (χ3v) is 3.40. The SMILES string of the molecule is CC1CN(C(=O)c2ccnc(NN)c2F)CCC1O. The zero-order valence-electron chi connectivity index (χ0n) is 10.6. The molecular weight excluding hydrogens is 251 g/mol. The zero-order chi connectivity index (χ0) is 14.0. The summed E-state index contributed by atoms with van der Waals surface area (Å²) in [6, 6.07) is 1.33. The molecule has 1 fully saturated rings. The maximum absolute atomic E-state index is 14.0. The second-order valence-electron chi connectivity index (χ2n) is 4.75. The topological polar surface area (TPSA) is 91.5 Å². The maximum atomic E-state index is 14.0. The fourth-order valence-electron chi connectivity index (χ4n) is 2.20. The lowest BCUT2D eigenvalue weighted by atomic mass is 9.96. The van der Waals surface area contributed by atoms with Gasteiger partial charge < -0.3 is 15.4 Å². The number of halogens is 1. The van der Waals surface area contributed by atoms with Crippen LogP contribution in [0, 0.1) is 11.7 Å². The van der Waals surface area contributed by atoms with Crippen molar-refractivity contribution in [1.29, 1.82) is 0 Å². The third-order valence-electron chi connectivity index (χ3n) is 3.40. The summed E-state index contributed by atoms with van der Waals surface area (Å²) >= 11 is 0. The normalized spacial score (nSPS) is 23.3. The predicted molar refractivity (Wildman–Crippen MR) is 67.7 cm³/mol. The summed E-state index contributed by atoms with van der Waals surface area (Å²) in [6.07, 6.45) is 1.42. The summed E-state index contributed by atoms with van der Waals surface area (Å²) in [7, 11) is 0. The Balaban J connectivity index is 2.20. The van der Waals surface area contributed by atoms with Gasteiger partial charge in [0.25, 0.3) is 5.91 Å². The van der Waals surface area contributed by atoms with Crippen molar-refractivity contribution in [3.05, 3.63) is 23.6 Å². The highest BCUT2D eigenvalue weighted by Crippen LogP contribution is 2.21. The van der Waals surface area contributed by atoms with Crippen LogP contribution in [0.2, 0.25) is 0 Å². The number of nitrogens with one attached hydrogen (secondary N) is 1. The van der Waals surface area contributed by atoms with Crippen molar-refractivity contribution in [2.45, 2.75) is 19.4 Å². The summed E-state index contributed by atoms with van der Waals surface area (Å²) in [5, 5.41) is 9.64. The van der Waals surface area contributed by atoms with E-state index in [0.29, 0.717) is 19.5 Å². The Morgan fingerprint density at radius 1 is 1.68 bits per heavy atom. The molecule has 104 valence electrons. The Labute approximate surface area is 110 Å². The lowest BCUT2D eigenvalue weighted by Gasteiger charge is -2.34. The monoisotopic (exact) mass is 268 g/mol. The second-order valence-corrected chi connectivity index (χ2v) is 4.75. The first-order valence-corrected chi connectivity index (χ1v) is 6.13. The number of carbonyl (C=O) groups excluding carboxylic acids is 1. The molecule has 0 bridgehead atoms. The molecule has 7 heteroatoms. The number of hydrogen-bond donors (Lipinski definition) is 3. The van der Waals surface area contributed by atoms with Crippen molar-refractivity contribution in [3.8, 4) is 0 Å². The molecule has 1 aliphatic rings. The number of nitrogens with two attached hydrogens (primary N) is 1. The first-order chi connectivity index (χ1) is 9.04. The van der Waals surface area contributed by atoms with E-state index >= 15 is 0 Å². The van der Waals surface area contributed by atoms with Crippen LogP contribution >= 0.6 is 0 Å². The molecule has 19 heavy (non-hydrogen) atoms. The van der Waals surface area contributed by atoms with Gasteiger partial charge in [-0.25, -0.2) is 15.2 Å². The number of amides is 1. The van der Waals surface area contributed by atoms with Gasteiger partial charge in [-0.3, -0.25) is 4.79 Å². The number of hydrazine groups is 1. The van der Waals surface area contributed by atoms with Crippen LogP contribution in [0.3, 0.4) is 0 Å². The van der Waals surface area contributed by atoms with Gasteiger partial charge in [0.15, 0.2) is 11.6 Å². The van der Waals surface area contributed by atoms with Crippen LogP contribution in [0.15, 0.2) is 12.3 Å². The van der Waals surface area contributed by atoms with Gasteiger partial charge in [0.05, 0.1) is 11.7 Å². The Bertz CT molecular complexity index is 483. The van der Waals surface area contributed by atoms with E-state index in [1.807, 2.05) is 6.92 Å². The van der Waals surface area contributed by atoms with Crippen molar-refractivity contribution in [1.82, 2.24) is 9.88 Å². The minimum atomic E-state index is -0.756. The van der Waals surface area contributed by atoms with E-state index in [-0.39, 0.29) is 17.3 Å². The number of aliphatic hydroxyl groups excluding tert-OH is 1. The number of nitrogen functional groups attached to an aromatic ring is 1. The highest BCUT2D eigenvalue weighted by Gasteiger charge is 2.29. The van der Waals surface area contributed by atoms with Crippen molar-refractivity contribution in [2.24, 2.45) is 11.8 Å². The van der Waals surface area contributed by atoms with Crippen LogP contribution in [0.5, 0.6) is 0 Å². The quantitative estimate of drug-likeness (QED) is 0.532. The van der Waals surface area contributed by atoms with Crippen LogP contribution in [0.4, 0.5) is 10.2 Å². The minimum absolute atomic E-state index is 0.0188. The second kappa shape index (κ2) is 5.50. The largest absolute Gasteiger partial charge is 0.393 e. The Kier molecular flexibility index (Phi) is 3.96. The molecule has 0 aromatic carbocycles. The number of likely N-dealkylation sites (tertiary alicyclic amines) is 1. The molecule has 1 amide bonds. The van der Waals surface area contributed by atoms with E-state index in [1.165, 1.54) is 17.2 Å². The number of anilines is 1. The highest BCUT2D eigenvalue weighted by atomic mass is 19.1. The molecule has 0 saturated carbocycles. The van der Waals surface area contributed by atoms with Crippen LogP contribution in [-0.2, 0) is 0 Å². The zero-order valence-corrected chi connectivity index (χ0v) is 10.6. The molecule has 2 rings (SSSR count). The van der Waals surface area contributed by atoms with Gasteiger partial charge in [-0.05, 0) is 18.4 Å². The van der Waals surface area contributed by atoms with Crippen LogP contribution in [-0.4, -0.2) is 40.1 Å². The van der Waals surface area contributed by atoms with E-state index in [9.17, 15) is 14.3 Å². The molecule has 2 heterocycles. The molecule has 1 aliphatic heterocycles. The minimum Gasteiger partial charge on any atom is -0.393 e. The average Bonchev–Trinajstić information content (AvgIpc) is 2.41. The summed E-state index contributed by atoms with van der Waals surface area (Å²) in [4.78, 5) is 17.5. The highest BCUT2D eigenvalue weighted by molar-refractivity contribution is 5.95. The van der Waals surface area contributed by atoms with Gasteiger partial charge in [-0.2, -0.15) is 0 Å². The molecule has 6 nitrogen and oxygen atoms in total. The van der Waals surface area contributed by atoms with Gasteiger partial charge in [0.1, 0.15) is 0 Å². The van der Waals surface area contributed by atoms with E-state index in [0.717, 1.165) is 0 Å². The van der Waals surface area contributed by atoms with Gasteiger partial charge in [0, 0.05) is 19.3 Å². The Morgan fingerprint density at radius 3 is 3.05 bits per heavy atom. The van der Waals surface area contributed by atoms with Crippen molar-refractivity contribution < 1.29 is 14.3 Å². The standard InChI is InChI=1S/C12H17FN4O2/c1-7-6-17(5-3-9(7)18)12(19)8-2-4-15-11(16-14)10(8)13/h2,4,7,9,18H,3,5-6,14H2,1H3,(H,15,16). The van der Waals surface area contributed by atoms with Gasteiger partial charge in [-0.15, -0.1) is 0 Å². The summed E-state index contributed by atoms with van der Waals surface area (Å²) < 4.78 is 14.0. The summed E-state index contributed by atoms with van der Waals surface area (Å²) in [5.41, 5.74) is 2.05. The third kappa shape index (κ3) is 2.66. The molecule has 1 aromatic rings. The number of aromatic nitrogens is 1. The summed E-state index contributed by atoms with van der Waals surface area (Å²) in [5.74, 6) is 3.79. The van der Waals surface area contributed by atoms with Crippen LogP contribution in [0.25, 0.3) is 0 Å². The summed E-state index contributed by atoms with van der Waals surface area (Å²) in [6.45, 7) is 2.69. The van der Waals surface area contributed by atoms with Crippen molar-refractivity contribution in [3.63, 3.8) is 0 Å². The fraction of sp³-hybridized carbons (Fsp3) is 0.500. The molecular formula is C12H17FN4O2. The molecule has 1 aromatic heterocycles. The van der Waals surface area contributed by atoms with Gasteiger partial charge in [-0.1, -0.05) is 6.92 Å². The fourth-order valence-corrected chi connectivity index (χ4v) is 2.20. The van der Waals surface area contributed by atoms with E-state index in [1.54, 1.807) is 0 Å². The molecule has 0 radical (unpaired) electrons.